The number of carbonyl (C=O) groups excluding carboxylic acids is 2. The Morgan fingerprint density at radius 3 is 2.48 bits per heavy atom. The minimum Gasteiger partial charge on any atom is -0.379 e. The van der Waals surface area contributed by atoms with Gasteiger partial charge in [0.25, 0.3) is 5.91 Å². The van der Waals surface area contributed by atoms with Crippen LogP contribution in [0.3, 0.4) is 0 Å². The largest absolute Gasteiger partial charge is 0.379 e. The maximum Gasteiger partial charge on any atom is 0.258 e. The predicted octanol–water partition coefficient (Wildman–Crippen LogP) is 4.36. The maximum absolute atomic E-state index is 13.7. The lowest BCUT2D eigenvalue weighted by Gasteiger charge is -2.39. The molecule has 2 saturated heterocycles. The highest BCUT2D eigenvalue weighted by Gasteiger charge is 2.35. The number of para-hydroxylation sites is 1. The molecule has 0 bridgehead atoms. The van der Waals surface area contributed by atoms with E-state index in [2.05, 4.69) is 13.8 Å². The van der Waals surface area contributed by atoms with Crippen LogP contribution < -0.4 is 4.90 Å². The van der Waals surface area contributed by atoms with Gasteiger partial charge in [-0.15, -0.1) is 0 Å². The van der Waals surface area contributed by atoms with Crippen molar-refractivity contribution >= 4 is 50.1 Å². The van der Waals surface area contributed by atoms with Gasteiger partial charge in [-0.25, -0.2) is 8.42 Å². The number of hydrogen-bond acceptors (Lipinski definition) is 5. The number of morpholine rings is 1. The average molecular weight is 591 g/mol. The van der Waals surface area contributed by atoms with E-state index in [1.165, 1.54) is 4.31 Å². The van der Waals surface area contributed by atoms with Crippen LogP contribution in [0.15, 0.2) is 53.6 Å². The van der Waals surface area contributed by atoms with Gasteiger partial charge in [-0.3, -0.25) is 9.59 Å². The number of nitrogens with zero attached hydrogens (tertiary/aromatic N) is 4. The van der Waals surface area contributed by atoms with Crippen molar-refractivity contribution in [3.05, 3.63) is 59.8 Å². The van der Waals surface area contributed by atoms with Gasteiger partial charge in [-0.05, 0) is 70.4 Å². The molecule has 0 aliphatic carbocycles. The molecule has 2 atom stereocenters. The molecule has 2 aromatic carbocycles. The molecule has 0 N–H and O–H groups in total. The van der Waals surface area contributed by atoms with E-state index < -0.39 is 10.0 Å². The monoisotopic (exact) mass is 590 g/mol. The number of ether oxygens (including phenoxy) is 1. The van der Waals surface area contributed by atoms with Crippen molar-refractivity contribution in [2.24, 2.45) is 0 Å². The fourth-order valence-corrected chi connectivity index (χ4v) is 8.14. The summed E-state index contributed by atoms with van der Waals surface area (Å²) in [6.45, 7) is 8.14. The number of anilines is 1. The highest BCUT2D eigenvalue weighted by molar-refractivity contribution is 7.89. The molecule has 10 heteroatoms. The number of sulfonamides is 1. The van der Waals surface area contributed by atoms with Crippen LogP contribution in [0, 0.1) is 0 Å². The van der Waals surface area contributed by atoms with Crippen LogP contribution in [0.1, 0.15) is 51.2 Å². The second-order valence-corrected chi connectivity index (χ2v) is 13.4. The molecule has 42 heavy (non-hydrogen) atoms. The third-order valence-corrected chi connectivity index (χ3v) is 10.7. The van der Waals surface area contributed by atoms with E-state index >= 15 is 0 Å². The first kappa shape index (κ1) is 28.6. The molecular weight excluding hydrogens is 552 g/mol. The van der Waals surface area contributed by atoms with E-state index in [0.717, 1.165) is 35.7 Å². The Labute approximate surface area is 247 Å². The number of likely N-dealkylation sites (tertiary alicyclic amines) is 1. The lowest BCUT2D eigenvalue weighted by Crippen LogP contribution is -2.48. The molecule has 1 aromatic heterocycles. The summed E-state index contributed by atoms with van der Waals surface area (Å²) in [7, 11) is -3.74. The van der Waals surface area contributed by atoms with E-state index in [0.29, 0.717) is 49.7 Å². The second kappa shape index (κ2) is 11.3. The number of benzene rings is 2. The van der Waals surface area contributed by atoms with Crippen LogP contribution in [-0.2, 0) is 30.9 Å². The predicted molar refractivity (Wildman–Crippen MR) is 163 cm³/mol. The van der Waals surface area contributed by atoms with Gasteiger partial charge in [0.2, 0.25) is 15.9 Å². The first-order valence-corrected chi connectivity index (χ1v) is 16.3. The van der Waals surface area contributed by atoms with E-state index in [1.54, 1.807) is 23.1 Å². The van der Waals surface area contributed by atoms with Crippen LogP contribution in [0.5, 0.6) is 0 Å². The lowest BCUT2D eigenvalue weighted by molar-refractivity contribution is -0.137. The molecule has 3 aliphatic heterocycles. The molecule has 6 rings (SSSR count). The SMILES string of the molecule is CCN1C(=O)/C(=C\c2cn(CC(=O)N3[C@H](C)CCC[C@@H]3C)c3ccccc23)c2cc(S(=O)(=O)N3CCOCC3)ccc21. The molecule has 3 aliphatic rings. The van der Waals surface area contributed by atoms with Crippen LogP contribution in [0.2, 0.25) is 0 Å². The Kier molecular flexibility index (Phi) is 7.72. The topological polar surface area (TPSA) is 92.2 Å². The van der Waals surface area contributed by atoms with Gasteiger partial charge >= 0.3 is 0 Å². The summed E-state index contributed by atoms with van der Waals surface area (Å²) in [4.78, 5) is 31.0. The summed E-state index contributed by atoms with van der Waals surface area (Å²) in [6.07, 6.45) is 6.94. The second-order valence-electron chi connectivity index (χ2n) is 11.5. The van der Waals surface area contributed by atoms with Crippen molar-refractivity contribution in [1.82, 2.24) is 13.8 Å². The standard InChI is InChI=1S/C32H38N4O5S/c1-4-35-30-13-12-25(42(39,40)34-14-16-41-17-15-34)19-27(30)28(32(35)38)18-24-20-33(29-11-6-5-10-26(24)29)21-31(37)36-22(2)8-7-9-23(36)3/h5-6,10-13,18-20,22-23H,4,7-9,14-17,21H2,1-3H3/b28-18-/t22-,23+. The quantitative estimate of drug-likeness (QED) is 0.398. The van der Waals surface area contributed by atoms with E-state index in [9.17, 15) is 18.0 Å². The fraction of sp³-hybridized carbons (Fsp3) is 0.438. The zero-order valence-electron chi connectivity index (χ0n) is 24.5. The summed E-state index contributed by atoms with van der Waals surface area (Å²) in [5.74, 6) is -0.0793. The van der Waals surface area contributed by atoms with E-state index in [-0.39, 0.29) is 35.3 Å². The molecule has 3 aromatic rings. The highest BCUT2D eigenvalue weighted by atomic mass is 32.2. The summed E-state index contributed by atoms with van der Waals surface area (Å²) < 4.78 is 35.7. The van der Waals surface area contributed by atoms with Crippen LogP contribution in [0.4, 0.5) is 5.69 Å². The molecule has 9 nitrogen and oxygen atoms in total. The lowest BCUT2D eigenvalue weighted by atomic mass is 9.97. The number of rotatable bonds is 6. The van der Waals surface area contributed by atoms with Crippen molar-refractivity contribution < 1.29 is 22.7 Å². The molecule has 4 heterocycles. The highest BCUT2D eigenvalue weighted by Crippen LogP contribution is 2.40. The number of piperidine rings is 1. The van der Waals surface area contributed by atoms with Gasteiger partial charge in [-0.1, -0.05) is 18.2 Å². The van der Waals surface area contributed by atoms with Gasteiger partial charge in [0.1, 0.15) is 6.54 Å². The molecule has 0 unspecified atom stereocenters. The van der Waals surface area contributed by atoms with Gasteiger partial charge in [-0.2, -0.15) is 4.31 Å². The minimum atomic E-state index is -3.74. The van der Waals surface area contributed by atoms with Gasteiger partial charge < -0.3 is 19.1 Å². The zero-order chi connectivity index (χ0) is 29.6. The van der Waals surface area contributed by atoms with Gasteiger partial charge in [0, 0.05) is 65.5 Å². The third-order valence-electron chi connectivity index (χ3n) is 8.85. The first-order valence-electron chi connectivity index (χ1n) is 14.9. The molecule has 0 spiro atoms. The average Bonchev–Trinajstić information content (AvgIpc) is 3.46. The van der Waals surface area contributed by atoms with Crippen molar-refractivity contribution in [3.63, 3.8) is 0 Å². The molecule has 0 radical (unpaired) electrons. The Bertz CT molecular complexity index is 1660. The van der Waals surface area contributed by atoms with E-state index in [1.807, 2.05) is 52.9 Å². The van der Waals surface area contributed by atoms with Gasteiger partial charge in [0.15, 0.2) is 0 Å². The summed E-state index contributed by atoms with van der Waals surface area (Å²) in [5.41, 5.74) is 3.46. The molecule has 0 saturated carbocycles. The fourth-order valence-electron chi connectivity index (χ4n) is 6.70. The van der Waals surface area contributed by atoms with Crippen molar-refractivity contribution in [3.8, 4) is 0 Å². The number of amides is 2. The molecule has 222 valence electrons. The number of aromatic nitrogens is 1. The molecule has 2 fully saturated rings. The van der Waals surface area contributed by atoms with E-state index in [4.69, 9.17) is 4.74 Å². The number of hydrogen-bond donors (Lipinski definition) is 0. The van der Waals surface area contributed by atoms with Crippen LogP contribution in [-0.4, -0.2) is 78.9 Å². The zero-order valence-corrected chi connectivity index (χ0v) is 25.3. The van der Waals surface area contributed by atoms with Crippen molar-refractivity contribution in [2.45, 2.75) is 63.6 Å². The Balaban J connectivity index is 1.40. The number of fused-ring (bicyclic) bond motifs is 2. The maximum atomic E-state index is 13.7. The minimum absolute atomic E-state index is 0.0899. The normalized spacial score (nSPS) is 22.7. The molecule has 2 amide bonds. The molecular formula is C32H38N4O5S. The Hall–Kier alpha value is -3.47. The number of likely N-dealkylation sites (N-methyl/N-ethyl adjacent to an activating group) is 1. The summed E-state index contributed by atoms with van der Waals surface area (Å²) in [6, 6.07) is 13.2. The van der Waals surface area contributed by atoms with Crippen LogP contribution >= 0.6 is 0 Å². The number of carbonyl (C=O) groups is 2. The van der Waals surface area contributed by atoms with Gasteiger partial charge in [0.05, 0.1) is 23.8 Å². The Morgan fingerprint density at radius 2 is 1.76 bits per heavy atom. The van der Waals surface area contributed by atoms with Crippen molar-refractivity contribution in [2.75, 3.05) is 37.7 Å². The van der Waals surface area contributed by atoms with Crippen LogP contribution in [0.25, 0.3) is 22.6 Å². The third kappa shape index (κ3) is 4.95. The first-order chi connectivity index (χ1) is 20.2. The van der Waals surface area contributed by atoms with Crippen molar-refractivity contribution in [1.29, 1.82) is 0 Å². The summed E-state index contributed by atoms with van der Waals surface area (Å²) in [5, 5.41) is 0.930. The Morgan fingerprint density at radius 1 is 1.05 bits per heavy atom. The summed E-state index contributed by atoms with van der Waals surface area (Å²) >= 11 is 0. The smallest absolute Gasteiger partial charge is 0.258 e.